The van der Waals surface area contributed by atoms with E-state index in [2.05, 4.69) is 43.3 Å². The molecule has 92 valence electrons. The van der Waals surface area contributed by atoms with Gasteiger partial charge in [-0.05, 0) is 34.2 Å². The Morgan fingerprint density at radius 3 is 2.62 bits per heavy atom. The van der Waals surface area contributed by atoms with E-state index in [1.807, 2.05) is 7.05 Å². The Morgan fingerprint density at radius 2 is 2.12 bits per heavy atom. The molecule has 0 fully saturated rings. The zero-order chi connectivity index (χ0) is 12.1. The Labute approximate surface area is 103 Å². The molecule has 1 aromatic rings. The van der Waals surface area contributed by atoms with E-state index < -0.39 is 0 Å². The maximum absolute atomic E-state index is 4.70. The van der Waals surface area contributed by atoms with Crippen LogP contribution in [0, 0.1) is 0 Å². The highest BCUT2D eigenvalue weighted by molar-refractivity contribution is 7.13. The average Bonchev–Trinajstić information content (AvgIpc) is 2.78. The molecule has 1 N–H and O–H groups in total. The summed E-state index contributed by atoms with van der Waals surface area (Å²) >= 11 is 1.74. The maximum atomic E-state index is 4.70. The molecule has 0 aliphatic carbocycles. The second-order valence-corrected chi connectivity index (χ2v) is 4.95. The van der Waals surface area contributed by atoms with Gasteiger partial charge < -0.3 is 10.2 Å². The molecule has 0 amide bonds. The predicted octanol–water partition coefficient (Wildman–Crippen LogP) is 3.05. The van der Waals surface area contributed by atoms with Crippen LogP contribution in [0.15, 0.2) is 5.38 Å². The van der Waals surface area contributed by atoms with Gasteiger partial charge in [0.2, 0.25) is 0 Å². The molecule has 16 heavy (non-hydrogen) atoms. The molecule has 3 nitrogen and oxygen atoms in total. The lowest BCUT2D eigenvalue weighted by Crippen LogP contribution is -2.32. The van der Waals surface area contributed by atoms with Gasteiger partial charge in [0.15, 0.2) is 5.13 Å². The van der Waals surface area contributed by atoms with E-state index in [0.29, 0.717) is 12.1 Å². The standard InChI is InChI=1S/C12H23N3S/c1-6-9(3)15(7-2)12-14-11(8-16-12)10(4)13-5/h8-10,13H,6-7H2,1-5H3. The lowest BCUT2D eigenvalue weighted by molar-refractivity contribution is 0.615. The quantitative estimate of drug-likeness (QED) is 0.829. The van der Waals surface area contributed by atoms with Gasteiger partial charge in [-0.25, -0.2) is 4.98 Å². The molecule has 1 aromatic heterocycles. The first kappa shape index (κ1) is 13.5. The minimum atomic E-state index is 0.334. The number of nitrogens with one attached hydrogen (secondary N) is 1. The van der Waals surface area contributed by atoms with Gasteiger partial charge in [0, 0.05) is 24.0 Å². The third kappa shape index (κ3) is 2.95. The maximum Gasteiger partial charge on any atom is 0.185 e. The summed E-state index contributed by atoms with van der Waals surface area (Å²) in [5.74, 6) is 0. The average molecular weight is 241 g/mol. The van der Waals surface area contributed by atoms with Crippen molar-refractivity contribution >= 4 is 16.5 Å². The fourth-order valence-electron chi connectivity index (χ4n) is 1.61. The molecule has 2 unspecified atom stereocenters. The van der Waals surface area contributed by atoms with E-state index in [-0.39, 0.29) is 0 Å². The van der Waals surface area contributed by atoms with E-state index in [1.165, 1.54) is 0 Å². The molecule has 2 atom stereocenters. The summed E-state index contributed by atoms with van der Waals surface area (Å²) in [5.41, 5.74) is 1.14. The Morgan fingerprint density at radius 1 is 1.44 bits per heavy atom. The van der Waals surface area contributed by atoms with Crippen LogP contribution in [-0.2, 0) is 0 Å². The first-order chi connectivity index (χ1) is 7.63. The van der Waals surface area contributed by atoms with Crippen LogP contribution < -0.4 is 10.2 Å². The molecule has 4 heteroatoms. The molecule has 0 spiro atoms. The number of nitrogens with zero attached hydrogens (tertiary/aromatic N) is 2. The van der Waals surface area contributed by atoms with Crippen molar-refractivity contribution in [3.8, 4) is 0 Å². The van der Waals surface area contributed by atoms with Crippen molar-refractivity contribution in [2.75, 3.05) is 18.5 Å². The Hall–Kier alpha value is -0.610. The molecular weight excluding hydrogens is 218 g/mol. The Balaban J connectivity index is 2.82. The fraction of sp³-hybridized carbons (Fsp3) is 0.750. The fourth-order valence-corrected chi connectivity index (χ4v) is 2.70. The molecule has 0 bridgehead atoms. The van der Waals surface area contributed by atoms with Crippen molar-refractivity contribution in [1.82, 2.24) is 10.3 Å². The molecule has 1 rings (SSSR count). The Bertz CT molecular complexity index is 311. The monoisotopic (exact) mass is 241 g/mol. The highest BCUT2D eigenvalue weighted by Crippen LogP contribution is 2.25. The first-order valence-corrected chi connectivity index (χ1v) is 6.91. The second-order valence-electron chi connectivity index (χ2n) is 4.11. The highest BCUT2D eigenvalue weighted by atomic mass is 32.1. The van der Waals surface area contributed by atoms with Gasteiger partial charge in [-0.1, -0.05) is 6.92 Å². The topological polar surface area (TPSA) is 28.2 Å². The minimum absolute atomic E-state index is 0.334. The van der Waals surface area contributed by atoms with Crippen LogP contribution in [0.25, 0.3) is 0 Å². The molecular formula is C12H23N3S. The van der Waals surface area contributed by atoms with Crippen molar-refractivity contribution in [3.63, 3.8) is 0 Å². The highest BCUT2D eigenvalue weighted by Gasteiger charge is 2.16. The van der Waals surface area contributed by atoms with Crippen LogP contribution in [-0.4, -0.2) is 24.6 Å². The number of rotatable bonds is 6. The van der Waals surface area contributed by atoms with E-state index in [4.69, 9.17) is 4.98 Å². The van der Waals surface area contributed by atoms with Crippen LogP contribution >= 0.6 is 11.3 Å². The summed E-state index contributed by atoms with van der Waals surface area (Å²) in [7, 11) is 1.97. The zero-order valence-corrected chi connectivity index (χ0v) is 11.8. The second kappa shape index (κ2) is 6.21. The van der Waals surface area contributed by atoms with E-state index in [9.17, 15) is 0 Å². The number of hydrogen-bond acceptors (Lipinski definition) is 4. The largest absolute Gasteiger partial charge is 0.346 e. The van der Waals surface area contributed by atoms with Crippen LogP contribution in [0.2, 0.25) is 0 Å². The summed E-state index contributed by atoms with van der Waals surface area (Å²) in [5, 5.41) is 6.52. The summed E-state index contributed by atoms with van der Waals surface area (Å²) < 4.78 is 0. The molecule has 0 radical (unpaired) electrons. The molecule has 1 heterocycles. The van der Waals surface area contributed by atoms with Gasteiger partial charge in [-0.15, -0.1) is 11.3 Å². The van der Waals surface area contributed by atoms with Crippen LogP contribution in [0.3, 0.4) is 0 Å². The van der Waals surface area contributed by atoms with Crippen molar-refractivity contribution in [1.29, 1.82) is 0 Å². The lowest BCUT2D eigenvalue weighted by Gasteiger charge is -2.26. The van der Waals surface area contributed by atoms with Crippen LogP contribution in [0.4, 0.5) is 5.13 Å². The number of anilines is 1. The van der Waals surface area contributed by atoms with E-state index in [1.54, 1.807) is 11.3 Å². The van der Waals surface area contributed by atoms with Crippen LogP contribution in [0.1, 0.15) is 45.9 Å². The molecule has 0 aliphatic rings. The third-order valence-electron chi connectivity index (χ3n) is 3.10. The minimum Gasteiger partial charge on any atom is -0.346 e. The van der Waals surface area contributed by atoms with Gasteiger partial charge >= 0.3 is 0 Å². The molecule has 0 aromatic carbocycles. The number of aromatic nitrogens is 1. The summed E-state index contributed by atoms with van der Waals surface area (Å²) in [6, 6.07) is 0.898. The molecule has 0 aliphatic heterocycles. The predicted molar refractivity (Wildman–Crippen MR) is 72.4 cm³/mol. The molecule has 0 saturated carbocycles. The number of hydrogen-bond donors (Lipinski definition) is 1. The van der Waals surface area contributed by atoms with Crippen molar-refractivity contribution in [2.24, 2.45) is 0 Å². The molecule has 0 saturated heterocycles. The Kier molecular flexibility index (Phi) is 5.22. The summed E-state index contributed by atoms with van der Waals surface area (Å²) in [6.45, 7) is 9.83. The third-order valence-corrected chi connectivity index (χ3v) is 3.99. The number of thiazole rings is 1. The van der Waals surface area contributed by atoms with Crippen molar-refractivity contribution in [2.45, 2.75) is 46.2 Å². The van der Waals surface area contributed by atoms with E-state index in [0.717, 1.165) is 23.8 Å². The van der Waals surface area contributed by atoms with E-state index >= 15 is 0 Å². The summed E-state index contributed by atoms with van der Waals surface area (Å²) in [4.78, 5) is 7.07. The van der Waals surface area contributed by atoms with Gasteiger partial charge in [-0.3, -0.25) is 0 Å². The normalized spacial score (nSPS) is 14.8. The lowest BCUT2D eigenvalue weighted by atomic mass is 10.2. The van der Waals surface area contributed by atoms with Crippen molar-refractivity contribution in [3.05, 3.63) is 11.1 Å². The first-order valence-electron chi connectivity index (χ1n) is 6.03. The zero-order valence-electron chi connectivity index (χ0n) is 10.9. The SMILES string of the molecule is CCC(C)N(CC)c1nc(C(C)NC)cs1. The smallest absolute Gasteiger partial charge is 0.185 e. The van der Waals surface area contributed by atoms with Crippen molar-refractivity contribution < 1.29 is 0 Å². The van der Waals surface area contributed by atoms with Gasteiger partial charge in [0.1, 0.15) is 0 Å². The van der Waals surface area contributed by atoms with Crippen LogP contribution in [0.5, 0.6) is 0 Å². The summed E-state index contributed by atoms with van der Waals surface area (Å²) in [6.07, 6.45) is 1.16. The van der Waals surface area contributed by atoms with Gasteiger partial charge in [-0.2, -0.15) is 0 Å². The van der Waals surface area contributed by atoms with Gasteiger partial charge in [0.05, 0.1) is 5.69 Å². The van der Waals surface area contributed by atoms with Gasteiger partial charge in [0.25, 0.3) is 0 Å².